The summed E-state index contributed by atoms with van der Waals surface area (Å²) in [5.41, 5.74) is 0.922. The van der Waals surface area contributed by atoms with E-state index in [1.54, 1.807) is 48.8 Å². The van der Waals surface area contributed by atoms with Gasteiger partial charge in [0.1, 0.15) is 0 Å². The molecule has 0 saturated carbocycles. The van der Waals surface area contributed by atoms with Crippen molar-refractivity contribution < 1.29 is 4.79 Å². The van der Waals surface area contributed by atoms with Gasteiger partial charge in [-0.3, -0.25) is 15.1 Å². The van der Waals surface area contributed by atoms with Crippen molar-refractivity contribution in [1.29, 1.82) is 5.26 Å². The molecule has 7 nitrogen and oxygen atoms in total. The summed E-state index contributed by atoms with van der Waals surface area (Å²) in [6, 6.07) is 10.2. The van der Waals surface area contributed by atoms with Crippen molar-refractivity contribution in [3.63, 3.8) is 0 Å². The van der Waals surface area contributed by atoms with Crippen molar-refractivity contribution in [1.82, 2.24) is 15.6 Å². The zero-order chi connectivity index (χ0) is 19.9. The highest BCUT2D eigenvalue weighted by molar-refractivity contribution is 14.1. The van der Waals surface area contributed by atoms with Crippen LogP contribution in [0.15, 0.2) is 53.8 Å². The monoisotopic (exact) mass is 536 g/mol. The molecule has 1 heterocycles. The Kier molecular flexibility index (Phi) is 7.91. The molecule has 1 atom stereocenters. The van der Waals surface area contributed by atoms with Crippen LogP contribution in [0, 0.1) is 15.0 Å². The molecule has 1 unspecified atom stereocenters. The largest absolute Gasteiger partial charge is 0.327 e. The van der Waals surface area contributed by atoms with Gasteiger partial charge in [-0.1, -0.05) is 34.8 Å². The van der Waals surface area contributed by atoms with E-state index < -0.39 is 15.9 Å². The minimum atomic E-state index is -1.96. The summed E-state index contributed by atoms with van der Waals surface area (Å²) in [6.07, 6.45) is 3.57. The fourth-order valence-corrected chi connectivity index (χ4v) is 2.52. The van der Waals surface area contributed by atoms with Crippen LogP contribution >= 0.6 is 57.4 Å². The van der Waals surface area contributed by atoms with Crippen LogP contribution in [0.3, 0.4) is 0 Å². The lowest BCUT2D eigenvalue weighted by Crippen LogP contribution is -2.44. The molecular formula is C16H12Cl3IN6O. The average Bonchev–Trinajstić information content (AvgIpc) is 2.62. The Hall–Kier alpha value is -1.80. The highest BCUT2D eigenvalue weighted by atomic mass is 127. The minimum absolute atomic E-state index is 0.0234. The number of carbonyl (C=O) groups is 1. The molecule has 0 spiro atoms. The third kappa shape index (κ3) is 7.03. The lowest BCUT2D eigenvalue weighted by molar-refractivity contribution is 0.0939. The van der Waals surface area contributed by atoms with Gasteiger partial charge in [-0.15, -0.1) is 0 Å². The van der Waals surface area contributed by atoms with Crippen LogP contribution < -0.4 is 16.0 Å². The van der Waals surface area contributed by atoms with Gasteiger partial charge in [0.25, 0.3) is 5.91 Å². The SMILES string of the molecule is N#CNC(=NC(NC(=O)c1ccc(I)cc1)C(Cl)(Cl)Cl)Nc1cccnc1. The molecule has 27 heavy (non-hydrogen) atoms. The zero-order valence-corrected chi connectivity index (χ0v) is 17.9. The van der Waals surface area contributed by atoms with E-state index in [-0.39, 0.29) is 5.96 Å². The number of nitrogens with zero attached hydrogens (tertiary/aromatic N) is 3. The molecule has 2 aromatic rings. The maximum absolute atomic E-state index is 12.4. The second-order valence-electron chi connectivity index (χ2n) is 5.01. The Labute approximate surface area is 184 Å². The Balaban J connectivity index is 2.25. The number of hydrogen-bond donors (Lipinski definition) is 3. The summed E-state index contributed by atoms with van der Waals surface area (Å²) in [7, 11) is 0. The first-order valence-corrected chi connectivity index (χ1v) is 9.54. The maximum Gasteiger partial charge on any atom is 0.253 e. The first-order chi connectivity index (χ1) is 12.8. The summed E-state index contributed by atoms with van der Waals surface area (Å²) in [4.78, 5) is 20.5. The number of anilines is 1. The molecule has 3 N–H and O–H groups in total. The Morgan fingerprint density at radius 3 is 2.52 bits per heavy atom. The van der Waals surface area contributed by atoms with Crippen LogP contribution in [0.2, 0.25) is 0 Å². The molecule has 1 aromatic carbocycles. The van der Waals surface area contributed by atoms with E-state index in [9.17, 15) is 4.79 Å². The third-order valence-corrected chi connectivity index (χ3v) is 4.38. The molecule has 140 valence electrons. The number of rotatable bonds is 4. The van der Waals surface area contributed by atoms with E-state index in [0.29, 0.717) is 11.3 Å². The van der Waals surface area contributed by atoms with E-state index in [1.165, 1.54) is 6.20 Å². The van der Waals surface area contributed by atoms with Gasteiger partial charge >= 0.3 is 0 Å². The fraction of sp³-hybridized carbons (Fsp3) is 0.125. The molecular weight excluding hydrogens is 525 g/mol. The number of nitriles is 1. The zero-order valence-electron chi connectivity index (χ0n) is 13.5. The number of benzene rings is 1. The lowest BCUT2D eigenvalue weighted by Gasteiger charge is -2.23. The molecule has 0 aliphatic carbocycles. The van der Waals surface area contributed by atoms with E-state index in [1.807, 2.05) is 0 Å². The Bertz CT molecular complexity index is 849. The lowest BCUT2D eigenvalue weighted by atomic mass is 10.2. The molecule has 0 aliphatic rings. The van der Waals surface area contributed by atoms with E-state index in [0.717, 1.165) is 3.57 Å². The number of hydrogen-bond acceptors (Lipinski definition) is 4. The highest BCUT2D eigenvalue weighted by Gasteiger charge is 2.34. The molecule has 0 saturated heterocycles. The quantitative estimate of drug-likeness (QED) is 0.138. The van der Waals surface area contributed by atoms with Crippen molar-refractivity contribution >= 4 is 74.9 Å². The van der Waals surface area contributed by atoms with Crippen LogP contribution in [-0.2, 0) is 0 Å². The second kappa shape index (κ2) is 9.94. The minimum Gasteiger partial charge on any atom is -0.327 e. The topological polar surface area (TPSA) is 102 Å². The molecule has 0 aliphatic heterocycles. The van der Waals surface area contributed by atoms with Gasteiger partial charge in [-0.2, -0.15) is 5.26 Å². The van der Waals surface area contributed by atoms with Crippen molar-refractivity contribution in [3.8, 4) is 6.19 Å². The van der Waals surface area contributed by atoms with E-state index in [2.05, 4.69) is 48.5 Å². The number of aliphatic imine (C=N–C) groups is 1. The summed E-state index contributed by atoms with van der Waals surface area (Å²) in [5.74, 6) is -0.506. The van der Waals surface area contributed by atoms with Gasteiger partial charge in [0.05, 0.1) is 11.9 Å². The van der Waals surface area contributed by atoms with Gasteiger partial charge in [0.15, 0.2) is 12.4 Å². The summed E-state index contributed by atoms with van der Waals surface area (Å²) >= 11 is 20.0. The van der Waals surface area contributed by atoms with Crippen molar-refractivity contribution in [2.75, 3.05) is 5.32 Å². The smallest absolute Gasteiger partial charge is 0.253 e. The first kappa shape index (κ1) is 21.5. The van der Waals surface area contributed by atoms with Gasteiger partial charge < -0.3 is 10.6 Å². The molecule has 1 aromatic heterocycles. The summed E-state index contributed by atoms with van der Waals surface area (Å²) < 4.78 is -0.987. The number of amides is 1. The number of nitrogens with one attached hydrogen (secondary N) is 3. The van der Waals surface area contributed by atoms with Crippen molar-refractivity contribution in [3.05, 3.63) is 57.9 Å². The molecule has 0 bridgehead atoms. The normalized spacial score (nSPS) is 12.6. The molecule has 0 fully saturated rings. The molecule has 2 rings (SSSR count). The standard InChI is InChI=1S/C16H12Cl3IN6O/c17-16(18,19)14(25-13(27)10-3-5-11(20)6-4-10)26-15(23-9-21)24-12-2-1-7-22-8-12/h1-8,14H,(H,25,27)(H2,23,24,26). The summed E-state index contributed by atoms with van der Waals surface area (Å²) in [5, 5.41) is 16.6. The highest BCUT2D eigenvalue weighted by Crippen LogP contribution is 2.31. The average molecular weight is 538 g/mol. The molecule has 1 amide bonds. The number of aromatic nitrogens is 1. The summed E-state index contributed by atoms with van der Waals surface area (Å²) in [6.45, 7) is 0. The molecule has 0 radical (unpaired) electrons. The number of halogens is 4. The van der Waals surface area contributed by atoms with Crippen LogP contribution in [0.1, 0.15) is 10.4 Å². The number of carbonyl (C=O) groups excluding carboxylic acids is 1. The first-order valence-electron chi connectivity index (χ1n) is 7.32. The van der Waals surface area contributed by atoms with Crippen LogP contribution in [0.25, 0.3) is 0 Å². The van der Waals surface area contributed by atoms with Gasteiger partial charge in [-0.05, 0) is 59.0 Å². The number of guanidine groups is 1. The van der Waals surface area contributed by atoms with Crippen LogP contribution in [0.4, 0.5) is 5.69 Å². The van der Waals surface area contributed by atoms with E-state index in [4.69, 9.17) is 40.1 Å². The Morgan fingerprint density at radius 1 is 1.26 bits per heavy atom. The van der Waals surface area contributed by atoms with Gasteiger partial charge in [-0.25, -0.2) is 4.99 Å². The molecule has 11 heteroatoms. The van der Waals surface area contributed by atoms with Crippen molar-refractivity contribution in [2.45, 2.75) is 9.96 Å². The Morgan fingerprint density at radius 2 is 1.96 bits per heavy atom. The van der Waals surface area contributed by atoms with Crippen LogP contribution in [-0.4, -0.2) is 26.8 Å². The predicted octanol–water partition coefficient (Wildman–Crippen LogP) is 3.65. The van der Waals surface area contributed by atoms with Crippen LogP contribution in [0.5, 0.6) is 0 Å². The predicted molar refractivity (Wildman–Crippen MR) is 115 cm³/mol. The maximum atomic E-state index is 12.4. The van der Waals surface area contributed by atoms with Gasteiger partial charge in [0, 0.05) is 15.3 Å². The van der Waals surface area contributed by atoms with Gasteiger partial charge in [0.2, 0.25) is 9.75 Å². The third-order valence-electron chi connectivity index (χ3n) is 3.04. The van der Waals surface area contributed by atoms with Crippen molar-refractivity contribution in [2.24, 2.45) is 4.99 Å². The number of pyridine rings is 1. The number of alkyl halides is 3. The fourth-order valence-electron chi connectivity index (χ4n) is 1.85. The van der Waals surface area contributed by atoms with E-state index >= 15 is 0 Å². The second-order valence-corrected chi connectivity index (χ2v) is 8.62.